The summed E-state index contributed by atoms with van der Waals surface area (Å²) in [7, 11) is 0. The van der Waals surface area contributed by atoms with Gasteiger partial charge in [-0.05, 0) is 25.0 Å². The molecule has 1 atom stereocenters. The number of nitrogens with zero attached hydrogens (tertiary/aromatic N) is 2. The van der Waals surface area contributed by atoms with Crippen LogP contribution in [0, 0.1) is 28.9 Å². The van der Waals surface area contributed by atoms with E-state index in [2.05, 4.69) is 11.4 Å². The quantitative estimate of drug-likeness (QED) is 0.298. The summed E-state index contributed by atoms with van der Waals surface area (Å²) in [6, 6.07) is 6.00. The molecular formula is C25H30F5N3O4. The molecule has 1 N–H and O–H groups in total. The first-order valence-electron chi connectivity index (χ1n) is 12.0. The first-order valence-corrected chi connectivity index (χ1v) is 12.0. The molecule has 0 aliphatic carbocycles. The summed E-state index contributed by atoms with van der Waals surface area (Å²) < 4.78 is 65.3. The van der Waals surface area contributed by atoms with Crippen LogP contribution < -0.4 is 10.4 Å². The van der Waals surface area contributed by atoms with Gasteiger partial charge in [0.15, 0.2) is 6.10 Å². The van der Waals surface area contributed by atoms with Crippen molar-refractivity contribution >= 4 is 18.1 Å². The highest BCUT2D eigenvalue weighted by atomic mass is 19.4. The molecule has 7 nitrogen and oxygen atoms in total. The third kappa shape index (κ3) is 9.64. The fourth-order valence-corrected chi connectivity index (χ4v) is 4.62. The zero-order valence-electron chi connectivity index (χ0n) is 20.2. The Hall–Kier alpha value is -3.20. The van der Waals surface area contributed by atoms with Crippen molar-refractivity contribution in [3.05, 3.63) is 41.5 Å². The Morgan fingerprint density at radius 2 is 1.81 bits per heavy atom. The molecule has 204 valence electrons. The average Bonchev–Trinajstić information content (AvgIpc) is 2.83. The molecule has 0 spiro atoms. The van der Waals surface area contributed by atoms with Gasteiger partial charge < -0.3 is 24.4 Å². The van der Waals surface area contributed by atoms with E-state index in [1.54, 1.807) is 6.08 Å². The largest absolute Gasteiger partial charge is 0.542 e. The number of unbranched alkanes of at least 4 members (excludes halogenated alkanes) is 2. The number of quaternary nitrogens is 1. The fourth-order valence-electron chi connectivity index (χ4n) is 4.62. The van der Waals surface area contributed by atoms with Crippen molar-refractivity contribution in [2.45, 2.75) is 50.8 Å². The molecule has 12 heteroatoms. The van der Waals surface area contributed by atoms with Crippen LogP contribution in [0.2, 0.25) is 0 Å². The number of benzene rings is 1. The number of amides is 1. The van der Waals surface area contributed by atoms with Gasteiger partial charge in [0.2, 0.25) is 0 Å². The van der Waals surface area contributed by atoms with Crippen molar-refractivity contribution in [2.75, 3.05) is 32.7 Å². The van der Waals surface area contributed by atoms with Gasteiger partial charge in [-0.1, -0.05) is 18.2 Å². The number of alkyl halides is 3. The Labute approximate surface area is 212 Å². The molecule has 0 saturated carbocycles. The van der Waals surface area contributed by atoms with Gasteiger partial charge in [-0.3, -0.25) is 0 Å². The van der Waals surface area contributed by atoms with Crippen LogP contribution in [0.15, 0.2) is 24.3 Å². The van der Waals surface area contributed by atoms with E-state index in [1.807, 2.05) is 0 Å². The highest BCUT2D eigenvalue weighted by molar-refractivity contribution is 5.70. The molecule has 3 saturated heterocycles. The number of carboxylic acids is 1. The molecule has 1 amide bonds. The van der Waals surface area contributed by atoms with Crippen molar-refractivity contribution in [2.24, 2.45) is 5.92 Å². The molecule has 3 fully saturated rings. The van der Waals surface area contributed by atoms with E-state index < -0.39 is 29.9 Å². The maximum Gasteiger partial charge on any atom is 0.430 e. The van der Waals surface area contributed by atoms with Gasteiger partial charge in [0.1, 0.15) is 24.1 Å². The highest BCUT2D eigenvalue weighted by Crippen LogP contribution is 2.35. The number of halogens is 5. The molecule has 37 heavy (non-hydrogen) atoms. The summed E-state index contributed by atoms with van der Waals surface area (Å²) in [5.41, 5.74) is -0.0426. The van der Waals surface area contributed by atoms with Crippen molar-refractivity contribution in [1.82, 2.24) is 5.32 Å². The van der Waals surface area contributed by atoms with Gasteiger partial charge >= 0.3 is 12.3 Å². The van der Waals surface area contributed by atoms with E-state index in [4.69, 9.17) is 19.9 Å². The Kier molecular flexibility index (Phi) is 11.3. The molecule has 1 aromatic carbocycles. The van der Waals surface area contributed by atoms with Crippen molar-refractivity contribution in [3.8, 4) is 6.07 Å². The van der Waals surface area contributed by atoms with Crippen LogP contribution in [0.4, 0.5) is 26.7 Å². The third-order valence-electron chi connectivity index (χ3n) is 6.55. The highest BCUT2D eigenvalue weighted by Gasteiger charge is 2.47. The summed E-state index contributed by atoms with van der Waals surface area (Å²) in [6.45, 7) is 4.51. The second-order valence-corrected chi connectivity index (χ2v) is 9.13. The normalized spacial score (nSPS) is 22.6. The molecule has 3 aliphatic heterocycles. The smallest absolute Gasteiger partial charge is 0.430 e. The van der Waals surface area contributed by atoms with Crippen molar-refractivity contribution in [3.63, 3.8) is 0 Å². The molecule has 4 rings (SSSR count). The number of allylic oxidation sites excluding steroid dienone is 1. The number of rotatable bonds is 9. The van der Waals surface area contributed by atoms with Crippen molar-refractivity contribution in [1.29, 1.82) is 5.26 Å². The standard InChI is InChI=1S/C23H29F2N3O2.C2HF3O2/c24-20-8-6-9-21(25)19(20)7-2-1-4-13-27-23(29)30-22-17-28(14-5-3-12-26)15-10-18(22)11-16-28;3-2(4,5)1(6)7/h2,6-9,18,22H,1,3-5,10-11,13-17H2;(H,6,7)/t18?,22-,28?;/m0./s1. The van der Waals surface area contributed by atoms with Crippen LogP contribution in [0.5, 0.6) is 0 Å². The molecule has 0 aromatic heterocycles. The average molecular weight is 532 g/mol. The number of aliphatic carboxylic acids is 1. The minimum atomic E-state index is -5.19. The van der Waals surface area contributed by atoms with Crippen LogP contribution in [-0.2, 0) is 9.53 Å². The predicted molar refractivity (Wildman–Crippen MR) is 121 cm³/mol. The zero-order chi connectivity index (χ0) is 27.5. The Morgan fingerprint density at radius 1 is 1.19 bits per heavy atom. The molecule has 1 aromatic rings. The van der Waals surface area contributed by atoms with E-state index >= 15 is 0 Å². The topological polar surface area (TPSA) is 102 Å². The Balaban J connectivity index is 0.000000604. The minimum Gasteiger partial charge on any atom is -0.542 e. The molecule has 0 radical (unpaired) electrons. The van der Waals surface area contributed by atoms with E-state index in [1.165, 1.54) is 24.3 Å². The number of alkyl carbamates (subject to hydrolysis) is 1. The summed E-state index contributed by atoms with van der Waals surface area (Å²) in [6.07, 6.45) is 2.36. The minimum absolute atomic E-state index is 0.0426. The lowest BCUT2D eigenvalue weighted by Gasteiger charge is -2.52. The number of carbonyl (C=O) groups is 2. The van der Waals surface area contributed by atoms with E-state index in [9.17, 15) is 26.7 Å². The second-order valence-electron chi connectivity index (χ2n) is 9.13. The lowest BCUT2D eigenvalue weighted by molar-refractivity contribution is -0.946. The van der Waals surface area contributed by atoms with Gasteiger partial charge in [0.25, 0.3) is 0 Å². The predicted octanol–water partition coefficient (Wildman–Crippen LogP) is 3.70. The fraction of sp³-hybridized carbons (Fsp3) is 0.560. The van der Waals surface area contributed by atoms with Crippen LogP contribution >= 0.6 is 0 Å². The van der Waals surface area contributed by atoms with Gasteiger partial charge in [-0.2, -0.15) is 18.4 Å². The van der Waals surface area contributed by atoms with Gasteiger partial charge in [0.05, 0.1) is 25.7 Å². The summed E-state index contributed by atoms with van der Waals surface area (Å²) in [4.78, 5) is 21.0. The number of hydrogen-bond acceptors (Lipinski definition) is 5. The van der Waals surface area contributed by atoms with Gasteiger partial charge in [-0.15, -0.1) is 0 Å². The number of nitriles is 1. The number of fused-ring (bicyclic) bond motifs is 3. The van der Waals surface area contributed by atoms with Crippen LogP contribution in [-0.4, -0.2) is 61.5 Å². The monoisotopic (exact) mass is 531 g/mol. The number of piperidine rings is 3. The van der Waals surface area contributed by atoms with Crippen LogP contribution in [0.25, 0.3) is 6.08 Å². The maximum absolute atomic E-state index is 13.6. The molecule has 0 unspecified atom stereocenters. The number of carbonyl (C=O) groups excluding carboxylic acids is 2. The first-order chi connectivity index (χ1) is 17.5. The van der Waals surface area contributed by atoms with E-state index in [0.29, 0.717) is 31.7 Å². The molecule has 3 aliphatic rings. The lowest BCUT2D eigenvalue weighted by Crippen LogP contribution is -2.64. The Bertz CT molecular complexity index is 965. The van der Waals surface area contributed by atoms with E-state index in [0.717, 1.165) is 49.9 Å². The number of nitrogens with one attached hydrogen (secondary N) is 1. The van der Waals surface area contributed by atoms with Crippen molar-refractivity contribution < 1.29 is 45.9 Å². The second kappa shape index (κ2) is 13.9. The lowest BCUT2D eigenvalue weighted by atomic mass is 9.83. The number of hydrogen-bond donors (Lipinski definition) is 1. The third-order valence-corrected chi connectivity index (χ3v) is 6.55. The molecule has 3 heterocycles. The van der Waals surface area contributed by atoms with Crippen LogP contribution in [0.1, 0.15) is 44.1 Å². The first kappa shape index (κ1) is 30.0. The zero-order valence-corrected chi connectivity index (χ0v) is 20.2. The summed E-state index contributed by atoms with van der Waals surface area (Å²) in [5, 5.41) is 20.3. The van der Waals surface area contributed by atoms with Gasteiger partial charge in [-0.25, -0.2) is 13.6 Å². The number of ether oxygens (including phenoxy) is 1. The number of carboxylic acid groups (broad SMARTS) is 1. The Morgan fingerprint density at radius 3 is 2.38 bits per heavy atom. The van der Waals surface area contributed by atoms with E-state index in [-0.39, 0.29) is 11.7 Å². The SMILES string of the molecule is N#CCCC[N+]12CCC(CC1)[C@@H](OC(=O)NCCCC=Cc1c(F)cccc1F)C2.O=C([O-])C(F)(F)F. The molecular weight excluding hydrogens is 501 g/mol. The van der Waals surface area contributed by atoms with Crippen LogP contribution in [0.3, 0.4) is 0 Å². The summed E-state index contributed by atoms with van der Waals surface area (Å²) in [5.74, 6) is -3.74. The van der Waals surface area contributed by atoms with Gasteiger partial charge in [0, 0.05) is 43.7 Å². The maximum atomic E-state index is 13.6. The molecule has 2 bridgehead atoms. The summed E-state index contributed by atoms with van der Waals surface area (Å²) >= 11 is 0.